The van der Waals surface area contributed by atoms with E-state index in [1.54, 1.807) is 23.0 Å². The second-order valence-electron chi connectivity index (χ2n) is 11.3. The predicted octanol–water partition coefficient (Wildman–Crippen LogP) is 6.16. The Morgan fingerprint density at radius 2 is 1.68 bits per heavy atom. The Bertz CT molecular complexity index is 1460. The summed E-state index contributed by atoms with van der Waals surface area (Å²) in [5, 5.41) is 13.8. The summed E-state index contributed by atoms with van der Waals surface area (Å²) in [5.74, 6) is -4.19. The second-order valence-corrected chi connectivity index (χ2v) is 11.3. The average molecular weight is 569 g/mol. The number of carboxylic acids is 1. The highest BCUT2D eigenvalue weighted by molar-refractivity contribution is 5.92. The van der Waals surface area contributed by atoms with Gasteiger partial charge in [0.05, 0.1) is 30.0 Å². The lowest BCUT2D eigenvalue weighted by molar-refractivity contribution is -0.000948. The van der Waals surface area contributed by atoms with Gasteiger partial charge in [-0.3, -0.25) is 14.5 Å². The van der Waals surface area contributed by atoms with Crippen LogP contribution in [-0.2, 0) is 11.3 Å². The summed E-state index contributed by atoms with van der Waals surface area (Å²) < 4.78 is 50.7. The van der Waals surface area contributed by atoms with Crippen molar-refractivity contribution in [2.45, 2.75) is 63.1 Å². The van der Waals surface area contributed by atoms with Crippen LogP contribution in [0.4, 0.5) is 23.7 Å². The Kier molecular flexibility index (Phi) is 7.23. The smallest absolute Gasteiger partial charge is 0.415 e. The lowest BCUT2D eigenvalue weighted by atomic mass is 9.90. The van der Waals surface area contributed by atoms with E-state index in [4.69, 9.17) is 9.84 Å². The molecule has 2 saturated heterocycles. The maximum absolute atomic E-state index is 15.0. The van der Waals surface area contributed by atoms with Gasteiger partial charge in [0.15, 0.2) is 11.6 Å². The first-order chi connectivity index (χ1) is 19.7. The van der Waals surface area contributed by atoms with Gasteiger partial charge in [-0.15, -0.1) is 0 Å². The van der Waals surface area contributed by atoms with Gasteiger partial charge in [0.1, 0.15) is 11.4 Å². The molecular weight excluding hydrogens is 537 g/mol. The van der Waals surface area contributed by atoms with Gasteiger partial charge in [0, 0.05) is 55.4 Å². The summed E-state index contributed by atoms with van der Waals surface area (Å²) in [4.78, 5) is 27.6. The second kappa shape index (κ2) is 10.8. The normalized spacial score (nSPS) is 19.6. The van der Waals surface area contributed by atoms with Crippen molar-refractivity contribution in [2.24, 2.45) is 0 Å². The molecule has 0 radical (unpaired) electrons. The highest BCUT2D eigenvalue weighted by atomic mass is 19.2. The molecular formula is C30H31F3N4O4. The summed E-state index contributed by atoms with van der Waals surface area (Å²) in [6, 6.07) is 7.69. The molecule has 1 aliphatic carbocycles. The van der Waals surface area contributed by atoms with E-state index in [0.717, 1.165) is 43.7 Å². The van der Waals surface area contributed by atoms with Gasteiger partial charge in [-0.1, -0.05) is 19.3 Å². The van der Waals surface area contributed by atoms with Gasteiger partial charge in [-0.05, 0) is 43.2 Å². The monoisotopic (exact) mass is 568 g/mol. The zero-order valence-electron chi connectivity index (χ0n) is 22.5. The number of nitrogens with zero attached hydrogens (tertiary/aromatic N) is 4. The predicted molar refractivity (Wildman–Crippen MR) is 144 cm³/mol. The average Bonchev–Trinajstić information content (AvgIpc) is 3.53. The molecule has 0 bridgehead atoms. The van der Waals surface area contributed by atoms with E-state index >= 15 is 4.39 Å². The molecule has 11 heteroatoms. The zero-order chi connectivity index (χ0) is 28.7. The maximum atomic E-state index is 15.0. The van der Waals surface area contributed by atoms with Crippen LogP contribution in [0.1, 0.15) is 66.9 Å². The molecule has 41 heavy (non-hydrogen) atoms. The van der Waals surface area contributed by atoms with Crippen LogP contribution in [0, 0.1) is 17.5 Å². The van der Waals surface area contributed by atoms with Gasteiger partial charge in [-0.2, -0.15) is 5.10 Å². The van der Waals surface area contributed by atoms with Crippen LogP contribution >= 0.6 is 0 Å². The number of aromatic nitrogens is 2. The van der Waals surface area contributed by atoms with Crippen molar-refractivity contribution in [3.8, 4) is 11.3 Å². The largest absolute Gasteiger partial charge is 0.478 e. The van der Waals surface area contributed by atoms with Gasteiger partial charge in [0.25, 0.3) is 0 Å². The third-order valence-electron chi connectivity index (χ3n) is 8.61. The number of halogens is 3. The number of amides is 1. The zero-order valence-corrected chi connectivity index (χ0v) is 22.5. The van der Waals surface area contributed by atoms with Crippen molar-refractivity contribution < 1.29 is 32.6 Å². The molecule has 3 aliphatic rings. The molecule has 2 aromatic carbocycles. The topological polar surface area (TPSA) is 87.9 Å². The highest BCUT2D eigenvalue weighted by Gasteiger charge is 2.47. The summed E-state index contributed by atoms with van der Waals surface area (Å²) in [6.45, 7) is 2.00. The Hall–Kier alpha value is -3.86. The number of ether oxygens (including phenoxy) is 1. The fourth-order valence-corrected chi connectivity index (χ4v) is 6.34. The number of benzene rings is 2. The Balaban J connectivity index is 1.19. The highest BCUT2D eigenvalue weighted by Crippen LogP contribution is 2.39. The minimum atomic E-state index is -1.23. The van der Waals surface area contributed by atoms with Crippen molar-refractivity contribution in [1.29, 1.82) is 0 Å². The first-order valence-corrected chi connectivity index (χ1v) is 14.0. The van der Waals surface area contributed by atoms with Crippen LogP contribution < -0.4 is 4.90 Å². The number of carboxylic acid groups (broad SMARTS) is 1. The molecule has 1 saturated carbocycles. The van der Waals surface area contributed by atoms with E-state index in [9.17, 15) is 18.4 Å². The van der Waals surface area contributed by atoms with Crippen LogP contribution in [0.5, 0.6) is 0 Å². The van der Waals surface area contributed by atoms with E-state index in [1.807, 2.05) is 0 Å². The number of aromatic carboxylic acids is 1. The van der Waals surface area contributed by atoms with Crippen LogP contribution in [0.3, 0.4) is 0 Å². The molecule has 216 valence electrons. The quantitative estimate of drug-likeness (QED) is 0.359. The van der Waals surface area contributed by atoms with Gasteiger partial charge >= 0.3 is 12.1 Å². The third kappa shape index (κ3) is 5.30. The Morgan fingerprint density at radius 1 is 1.00 bits per heavy atom. The van der Waals surface area contributed by atoms with E-state index in [0.29, 0.717) is 56.5 Å². The van der Waals surface area contributed by atoms with Crippen LogP contribution in [-0.4, -0.2) is 57.1 Å². The SMILES string of the molecule is O=C(O)c1ccc(N2CC3(CCN(Cc4cnn(C5CCCCC5)c4-c4cc(F)c(F)cc4F)CC3)OC2=O)cc1. The molecule has 3 heterocycles. The van der Waals surface area contributed by atoms with E-state index in [-0.39, 0.29) is 17.2 Å². The van der Waals surface area contributed by atoms with Crippen molar-refractivity contribution in [3.63, 3.8) is 0 Å². The summed E-state index contributed by atoms with van der Waals surface area (Å²) in [5.41, 5.74) is 1.27. The van der Waals surface area contributed by atoms with Crippen molar-refractivity contribution >= 4 is 17.7 Å². The van der Waals surface area contributed by atoms with Crippen LogP contribution in [0.25, 0.3) is 11.3 Å². The van der Waals surface area contributed by atoms with Gasteiger partial charge in [-0.25, -0.2) is 22.8 Å². The molecule has 1 amide bonds. The van der Waals surface area contributed by atoms with Gasteiger partial charge in [0.2, 0.25) is 0 Å². The number of likely N-dealkylation sites (tertiary alicyclic amines) is 1. The summed E-state index contributed by atoms with van der Waals surface area (Å²) in [7, 11) is 0. The number of hydrogen-bond donors (Lipinski definition) is 1. The summed E-state index contributed by atoms with van der Waals surface area (Å²) in [6.07, 6.45) is 7.38. The molecule has 0 atom stereocenters. The Morgan fingerprint density at radius 3 is 2.37 bits per heavy atom. The van der Waals surface area contributed by atoms with E-state index in [2.05, 4.69) is 10.00 Å². The van der Waals surface area contributed by atoms with Crippen molar-refractivity contribution in [1.82, 2.24) is 14.7 Å². The van der Waals surface area contributed by atoms with Crippen LogP contribution in [0.15, 0.2) is 42.6 Å². The fourth-order valence-electron chi connectivity index (χ4n) is 6.34. The van der Waals surface area contributed by atoms with E-state index < -0.39 is 35.1 Å². The first kappa shape index (κ1) is 27.3. The fraction of sp³-hybridized carbons (Fsp3) is 0.433. The number of carbonyl (C=O) groups is 2. The van der Waals surface area contributed by atoms with Gasteiger partial charge < -0.3 is 9.84 Å². The minimum Gasteiger partial charge on any atom is -0.478 e. The number of rotatable bonds is 6. The molecule has 8 nitrogen and oxygen atoms in total. The molecule has 6 rings (SSSR count). The van der Waals surface area contributed by atoms with Crippen molar-refractivity contribution in [2.75, 3.05) is 24.5 Å². The molecule has 0 unspecified atom stereocenters. The minimum absolute atomic E-state index is 0.00438. The molecule has 1 spiro atoms. The summed E-state index contributed by atoms with van der Waals surface area (Å²) >= 11 is 0. The standard InChI is InChI=1S/C30H31F3N4O4/c31-24-15-26(33)25(32)14-23(24)27-20(16-34-37(27)22-4-2-1-3-5-22)17-35-12-10-30(11-13-35)18-36(29(40)41-30)21-8-6-19(7-9-21)28(38)39/h6-9,14-16,22H,1-5,10-13,17-18H2,(H,38,39). The number of carbonyl (C=O) groups excluding carboxylic acids is 1. The third-order valence-corrected chi connectivity index (χ3v) is 8.61. The number of hydrogen-bond acceptors (Lipinski definition) is 5. The maximum Gasteiger partial charge on any atom is 0.415 e. The Labute approximate surface area is 235 Å². The molecule has 1 N–H and O–H groups in total. The molecule has 3 fully saturated rings. The first-order valence-electron chi connectivity index (χ1n) is 14.0. The number of piperidine rings is 1. The molecule has 2 aliphatic heterocycles. The molecule has 1 aromatic heterocycles. The van der Waals surface area contributed by atoms with E-state index in [1.165, 1.54) is 17.0 Å². The number of anilines is 1. The lowest BCUT2D eigenvalue weighted by Gasteiger charge is -2.37. The molecule has 3 aromatic rings. The van der Waals surface area contributed by atoms with Crippen LogP contribution in [0.2, 0.25) is 0 Å². The lowest BCUT2D eigenvalue weighted by Crippen LogP contribution is -2.46. The van der Waals surface area contributed by atoms with Crippen molar-refractivity contribution in [3.05, 3.63) is 71.2 Å².